The van der Waals surface area contributed by atoms with E-state index in [0.29, 0.717) is 23.8 Å². The molecule has 8 heteroatoms. The van der Waals surface area contributed by atoms with E-state index in [1.165, 1.54) is 4.52 Å². The monoisotopic (exact) mass is 318 g/mol. The zero-order valence-corrected chi connectivity index (χ0v) is 13.5. The van der Waals surface area contributed by atoms with Crippen LogP contribution >= 0.6 is 0 Å². The second kappa shape index (κ2) is 7.01. The number of amides is 1. The Bertz CT molecular complexity index is 671. The number of hydrogen-bond acceptors (Lipinski definition) is 6. The van der Waals surface area contributed by atoms with Crippen molar-refractivity contribution in [3.05, 3.63) is 23.9 Å². The van der Waals surface area contributed by atoms with E-state index < -0.39 is 0 Å². The van der Waals surface area contributed by atoms with Crippen molar-refractivity contribution in [3.63, 3.8) is 0 Å². The van der Waals surface area contributed by atoms with Gasteiger partial charge < -0.3 is 10.1 Å². The lowest BCUT2D eigenvalue weighted by Gasteiger charge is -2.35. The van der Waals surface area contributed by atoms with Gasteiger partial charge in [-0.3, -0.25) is 9.69 Å². The van der Waals surface area contributed by atoms with Crippen LogP contribution in [0.2, 0.25) is 0 Å². The minimum absolute atomic E-state index is 0.126. The quantitative estimate of drug-likeness (QED) is 0.856. The first-order valence-corrected chi connectivity index (χ1v) is 7.95. The van der Waals surface area contributed by atoms with Crippen molar-refractivity contribution < 1.29 is 9.53 Å². The van der Waals surface area contributed by atoms with Crippen molar-refractivity contribution in [1.29, 1.82) is 0 Å². The molecular formula is C15H22N6O2. The molecular weight excluding hydrogens is 296 g/mol. The molecule has 3 heterocycles. The fourth-order valence-electron chi connectivity index (χ4n) is 2.71. The van der Waals surface area contributed by atoms with Crippen molar-refractivity contribution in [2.75, 3.05) is 26.2 Å². The molecule has 3 rings (SSSR count). The zero-order valence-electron chi connectivity index (χ0n) is 13.5. The maximum Gasteiger partial charge on any atom is 0.252 e. The molecule has 1 atom stereocenters. The summed E-state index contributed by atoms with van der Waals surface area (Å²) in [6.07, 6.45) is 2.61. The molecule has 0 aliphatic carbocycles. The van der Waals surface area contributed by atoms with Crippen molar-refractivity contribution in [3.8, 4) is 0 Å². The summed E-state index contributed by atoms with van der Waals surface area (Å²) in [5, 5.41) is 14.1. The lowest BCUT2D eigenvalue weighted by Crippen LogP contribution is -2.46. The highest BCUT2D eigenvalue weighted by Gasteiger charge is 2.22. The summed E-state index contributed by atoms with van der Waals surface area (Å²) in [5.74, 6) is -0.126. The Kier molecular flexibility index (Phi) is 4.82. The lowest BCUT2D eigenvalue weighted by molar-refractivity contribution is -0.0412. The summed E-state index contributed by atoms with van der Waals surface area (Å²) in [6.45, 7) is 7.63. The van der Waals surface area contributed by atoms with Gasteiger partial charge in [-0.15, -0.1) is 5.10 Å². The minimum atomic E-state index is -0.126. The standard InChI is InChI=1S/C15H22N6O2/c1-11(2)20-7-8-23-13(10-20)5-6-16-15(22)12-3-4-14-17-18-19-21(14)9-12/h3-4,9,11,13H,5-8,10H2,1-2H3,(H,16,22). The van der Waals surface area contributed by atoms with Crippen LogP contribution < -0.4 is 5.32 Å². The highest BCUT2D eigenvalue weighted by atomic mass is 16.5. The van der Waals surface area contributed by atoms with Gasteiger partial charge in [0.25, 0.3) is 5.91 Å². The third-order valence-corrected chi connectivity index (χ3v) is 4.11. The van der Waals surface area contributed by atoms with Crippen LogP contribution in [0.5, 0.6) is 0 Å². The van der Waals surface area contributed by atoms with Gasteiger partial charge in [0.15, 0.2) is 5.65 Å². The Labute approximate surface area is 134 Å². The maximum absolute atomic E-state index is 12.2. The van der Waals surface area contributed by atoms with Crippen molar-refractivity contribution in [2.45, 2.75) is 32.4 Å². The molecule has 0 bridgehead atoms. The van der Waals surface area contributed by atoms with Gasteiger partial charge >= 0.3 is 0 Å². The predicted octanol–water partition coefficient (Wildman–Crippen LogP) is 0.353. The first-order valence-electron chi connectivity index (χ1n) is 7.95. The molecule has 1 aliphatic heterocycles. The van der Waals surface area contributed by atoms with E-state index in [0.717, 1.165) is 26.1 Å². The molecule has 2 aromatic rings. The minimum Gasteiger partial charge on any atom is -0.375 e. The fourth-order valence-corrected chi connectivity index (χ4v) is 2.71. The van der Waals surface area contributed by atoms with Gasteiger partial charge in [-0.05, 0) is 42.8 Å². The average Bonchev–Trinajstić information content (AvgIpc) is 3.02. The van der Waals surface area contributed by atoms with Crippen molar-refractivity contribution in [1.82, 2.24) is 30.3 Å². The topological polar surface area (TPSA) is 84.6 Å². The molecule has 1 fully saturated rings. The molecule has 1 unspecified atom stereocenters. The lowest BCUT2D eigenvalue weighted by atomic mass is 10.1. The number of carbonyl (C=O) groups excluding carboxylic acids is 1. The molecule has 124 valence electrons. The Morgan fingerprint density at radius 1 is 1.48 bits per heavy atom. The molecule has 1 aliphatic rings. The Morgan fingerprint density at radius 3 is 3.17 bits per heavy atom. The number of morpholine rings is 1. The van der Waals surface area contributed by atoms with E-state index in [-0.39, 0.29) is 12.0 Å². The van der Waals surface area contributed by atoms with Crippen molar-refractivity contribution >= 4 is 11.6 Å². The molecule has 1 N–H and O–H groups in total. The number of nitrogens with one attached hydrogen (secondary N) is 1. The molecule has 8 nitrogen and oxygen atoms in total. The van der Waals surface area contributed by atoms with E-state index >= 15 is 0 Å². The number of pyridine rings is 1. The largest absolute Gasteiger partial charge is 0.375 e. The second-order valence-corrected chi connectivity index (χ2v) is 6.03. The van der Waals surface area contributed by atoms with Gasteiger partial charge in [-0.25, -0.2) is 0 Å². The van der Waals surface area contributed by atoms with E-state index in [4.69, 9.17) is 4.74 Å². The normalized spacial score (nSPS) is 19.3. The zero-order chi connectivity index (χ0) is 16.2. The van der Waals surface area contributed by atoms with Gasteiger partial charge in [0.05, 0.1) is 18.3 Å². The maximum atomic E-state index is 12.2. The summed E-state index contributed by atoms with van der Waals surface area (Å²) >= 11 is 0. The molecule has 1 amide bonds. The Morgan fingerprint density at radius 2 is 2.35 bits per heavy atom. The second-order valence-electron chi connectivity index (χ2n) is 6.03. The molecule has 23 heavy (non-hydrogen) atoms. The van der Waals surface area contributed by atoms with Crippen LogP contribution in [0.4, 0.5) is 0 Å². The van der Waals surface area contributed by atoms with Crippen LogP contribution in [0.25, 0.3) is 5.65 Å². The molecule has 2 aromatic heterocycles. The number of fused-ring (bicyclic) bond motifs is 1. The summed E-state index contributed by atoms with van der Waals surface area (Å²) in [7, 11) is 0. The highest BCUT2D eigenvalue weighted by molar-refractivity contribution is 5.94. The summed E-state index contributed by atoms with van der Waals surface area (Å²) in [5.41, 5.74) is 1.16. The van der Waals surface area contributed by atoms with Crippen LogP contribution in [0.3, 0.4) is 0 Å². The number of nitrogens with zero attached hydrogens (tertiary/aromatic N) is 5. The third kappa shape index (κ3) is 3.83. The predicted molar refractivity (Wildman–Crippen MR) is 84.2 cm³/mol. The fraction of sp³-hybridized carbons (Fsp3) is 0.600. The van der Waals surface area contributed by atoms with Crippen molar-refractivity contribution in [2.24, 2.45) is 0 Å². The van der Waals surface area contributed by atoms with Gasteiger partial charge in [-0.1, -0.05) is 0 Å². The van der Waals surface area contributed by atoms with E-state index in [1.54, 1.807) is 18.3 Å². The Hall–Kier alpha value is -2.06. The number of hydrogen-bond donors (Lipinski definition) is 1. The van der Waals surface area contributed by atoms with Gasteiger partial charge in [-0.2, -0.15) is 4.52 Å². The van der Waals surface area contributed by atoms with Crippen LogP contribution in [-0.4, -0.2) is 69.2 Å². The van der Waals surface area contributed by atoms with Crippen LogP contribution in [-0.2, 0) is 4.74 Å². The molecule has 0 radical (unpaired) electrons. The molecule has 0 aromatic carbocycles. The number of ether oxygens (including phenoxy) is 1. The molecule has 1 saturated heterocycles. The van der Waals surface area contributed by atoms with Crippen LogP contribution in [0, 0.1) is 0 Å². The van der Waals surface area contributed by atoms with Crippen LogP contribution in [0.15, 0.2) is 18.3 Å². The summed E-state index contributed by atoms with van der Waals surface area (Å²) in [4.78, 5) is 14.6. The Balaban J connectivity index is 1.49. The number of aromatic nitrogens is 4. The van der Waals surface area contributed by atoms with E-state index in [9.17, 15) is 4.79 Å². The van der Waals surface area contributed by atoms with E-state index in [2.05, 4.69) is 39.6 Å². The first-order chi connectivity index (χ1) is 11.1. The number of carbonyl (C=O) groups is 1. The first kappa shape index (κ1) is 15.8. The van der Waals surface area contributed by atoms with Crippen LogP contribution in [0.1, 0.15) is 30.6 Å². The number of tetrazole rings is 1. The molecule has 0 spiro atoms. The smallest absolute Gasteiger partial charge is 0.252 e. The van der Waals surface area contributed by atoms with E-state index in [1.807, 2.05) is 0 Å². The average molecular weight is 318 g/mol. The van der Waals surface area contributed by atoms with Gasteiger partial charge in [0.2, 0.25) is 0 Å². The summed E-state index contributed by atoms with van der Waals surface area (Å²) < 4.78 is 7.26. The third-order valence-electron chi connectivity index (χ3n) is 4.11. The molecule has 0 saturated carbocycles. The summed E-state index contributed by atoms with van der Waals surface area (Å²) in [6, 6.07) is 3.97. The number of rotatable bonds is 5. The van der Waals surface area contributed by atoms with Gasteiger partial charge in [0.1, 0.15) is 0 Å². The highest BCUT2D eigenvalue weighted by Crippen LogP contribution is 2.11. The van der Waals surface area contributed by atoms with Gasteiger partial charge in [0, 0.05) is 31.9 Å². The SMILES string of the molecule is CC(C)N1CCOC(CCNC(=O)c2ccc3nnnn3c2)C1.